The molecule has 0 bridgehead atoms. The predicted molar refractivity (Wildman–Crippen MR) is 273 cm³/mol. The van der Waals surface area contributed by atoms with Crippen molar-refractivity contribution < 1.29 is 9.59 Å². The van der Waals surface area contributed by atoms with Crippen LogP contribution >= 0.6 is 0 Å². The molecule has 2 amide bonds. The third-order valence-corrected chi connectivity index (χ3v) is 14.8. The number of carbonyl (C=O) groups excluding carboxylic acids is 2. The first-order valence-electron chi connectivity index (χ1n) is 25.2. The fraction of sp³-hybridized carbons (Fsp3) is 0.345. The third-order valence-electron chi connectivity index (χ3n) is 14.8. The number of aryl methyl sites for hydroxylation is 1. The van der Waals surface area contributed by atoms with Crippen LogP contribution in [0.2, 0.25) is 0 Å². The smallest absolute Gasteiger partial charge is 0.245 e. The number of carbonyl (C=O) groups is 2. The van der Waals surface area contributed by atoms with Gasteiger partial charge in [-0.05, 0) is 158 Å². The third kappa shape index (κ3) is 9.32. The van der Waals surface area contributed by atoms with Crippen LogP contribution in [0.4, 0.5) is 0 Å². The number of amides is 2. The Kier molecular flexibility index (Phi) is 12.9. The molecule has 0 aliphatic carbocycles. The van der Waals surface area contributed by atoms with Crippen molar-refractivity contribution in [3.8, 4) is 22.3 Å². The molecule has 3 atom stereocenters. The van der Waals surface area contributed by atoms with E-state index in [0.717, 1.165) is 158 Å². The fourth-order valence-electron chi connectivity index (χ4n) is 11.2. The SMILES string of the molecule is O=C(NCCCCc1nc2ccc(-c3ccc4cc(-c5ccc6nc([C@@H]7CCCN7C(=O)[C@@H](c7ccccc7)N7CCCCC7)[nH]c6c5)ccc4c3)cc2[nH]1)[C@@H](c1ccccc1)N1CCCCC1. The van der Waals surface area contributed by atoms with Gasteiger partial charge in [0.2, 0.25) is 11.8 Å². The second-order valence-corrected chi connectivity index (χ2v) is 19.3. The number of aromatic amines is 2. The number of rotatable bonds is 14. The van der Waals surface area contributed by atoms with Gasteiger partial charge < -0.3 is 20.2 Å². The van der Waals surface area contributed by atoms with Crippen LogP contribution in [0.25, 0.3) is 55.1 Å². The summed E-state index contributed by atoms with van der Waals surface area (Å²) >= 11 is 0. The van der Waals surface area contributed by atoms with Gasteiger partial charge in [-0.25, -0.2) is 9.97 Å². The maximum atomic E-state index is 14.5. The van der Waals surface area contributed by atoms with Crippen molar-refractivity contribution in [2.24, 2.45) is 0 Å². The molecule has 3 fully saturated rings. The summed E-state index contributed by atoms with van der Waals surface area (Å²) in [6.45, 7) is 5.26. The fourth-order valence-corrected chi connectivity index (χ4v) is 11.2. The average Bonchev–Trinajstić information content (AvgIpc) is 4.16. The monoisotopic (exact) mass is 902 g/mol. The minimum atomic E-state index is -0.260. The van der Waals surface area contributed by atoms with E-state index < -0.39 is 0 Å². The summed E-state index contributed by atoms with van der Waals surface area (Å²) in [5.41, 5.74) is 10.7. The number of nitrogens with one attached hydrogen (secondary N) is 3. The lowest BCUT2D eigenvalue weighted by atomic mass is 9.97. The van der Waals surface area contributed by atoms with Gasteiger partial charge in [-0.2, -0.15) is 0 Å². The van der Waals surface area contributed by atoms with Crippen LogP contribution in [0.1, 0.15) is 105 Å². The molecule has 0 radical (unpaired) electrons. The number of nitrogens with zero attached hydrogens (tertiary/aromatic N) is 5. The van der Waals surface area contributed by atoms with Crippen molar-refractivity contribution in [3.63, 3.8) is 0 Å². The molecule has 10 nitrogen and oxygen atoms in total. The first kappa shape index (κ1) is 43.9. The number of hydrogen-bond donors (Lipinski definition) is 3. The van der Waals surface area contributed by atoms with E-state index in [1.165, 1.54) is 23.6 Å². The van der Waals surface area contributed by atoms with Crippen LogP contribution in [0, 0.1) is 0 Å². The van der Waals surface area contributed by atoms with E-state index in [2.05, 4.69) is 139 Å². The van der Waals surface area contributed by atoms with Gasteiger partial charge in [0.1, 0.15) is 23.7 Å². The van der Waals surface area contributed by atoms with E-state index in [-0.39, 0.29) is 29.9 Å². The first-order chi connectivity index (χ1) is 33.5. The van der Waals surface area contributed by atoms with Crippen molar-refractivity contribution in [1.29, 1.82) is 0 Å². The van der Waals surface area contributed by atoms with Crippen LogP contribution in [0.15, 0.2) is 133 Å². The van der Waals surface area contributed by atoms with E-state index in [1.807, 2.05) is 24.3 Å². The normalized spacial score (nSPS) is 18.1. The van der Waals surface area contributed by atoms with Crippen LogP contribution in [-0.4, -0.2) is 85.7 Å². The van der Waals surface area contributed by atoms with Gasteiger partial charge in [-0.3, -0.25) is 19.4 Å². The highest BCUT2D eigenvalue weighted by atomic mass is 16.2. The molecule has 68 heavy (non-hydrogen) atoms. The summed E-state index contributed by atoms with van der Waals surface area (Å²) in [5.74, 6) is 2.15. The zero-order valence-electron chi connectivity index (χ0n) is 39.0. The minimum Gasteiger partial charge on any atom is -0.354 e. The Balaban J connectivity index is 0.732. The molecule has 10 heteroatoms. The molecule has 3 aliphatic heterocycles. The standard InChI is InChI=1S/C58H62N8O2/c67-57(54(40-16-5-1-6-17-40)64-31-11-3-12-32-64)59-30-10-9-21-53-60-48-28-26-46(38-50(48)61-53)44-24-22-43-37-45(25-23-42(43)36-44)47-27-29-49-51(39-47)63-56(62-49)52-20-15-35-66(52)58(68)55(41-18-7-2-8-19-41)65-33-13-4-14-34-65/h1-2,5-8,16-19,22-29,36-39,52,54-55H,3-4,9-15,20-21,30-35H2,(H,59,67)(H,60,61)(H,62,63)/t52-,54+,55+/m0/s1. The largest absolute Gasteiger partial charge is 0.354 e. The Bertz CT molecular complexity index is 3020. The van der Waals surface area contributed by atoms with E-state index in [9.17, 15) is 9.59 Å². The lowest BCUT2D eigenvalue weighted by Gasteiger charge is -2.37. The Labute approximate surface area is 399 Å². The molecule has 0 saturated carbocycles. The maximum Gasteiger partial charge on any atom is 0.245 e. The number of unbranched alkanes of at least 4 members (excludes halogenated alkanes) is 1. The van der Waals surface area contributed by atoms with Gasteiger partial charge in [0.15, 0.2) is 0 Å². The first-order valence-corrected chi connectivity index (χ1v) is 25.2. The van der Waals surface area contributed by atoms with E-state index >= 15 is 0 Å². The lowest BCUT2D eigenvalue weighted by molar-refractivity contribution is -0.139. The Hall–Kier alpha value is -6.62. The molecule has 0 spiro atoms. The number of piperidine rings is 2. The summed E-state index contributed by atoms with van der Waals surface area (Å²) in [6.07, 6.45) is 11.6. The van der Waals surface area contributed by atoms with Crippen molar-refractivity contribution >= 4 is 44.7 Å². The van der Waals surface area contributed by atoms with Gasteiger partial charge in [0.25, 0.3) is 0 Å². The molecule has 5 heterocycles. The van der Waals surface area contributed by atoms with E-state index in [4.69, 9.17) is 9.97 Å². The van der Waals surface area contributed by atoms with Gasteiger partial charge in [-0.1, -0.05) is 110 Å². The molecule has 2 aromatic heterocycles. The second kappa shape index (κ2) is 19.9. The summed E-state index contributed by atoms with van der Waals surface area (Å²) in [6, 6.07) is 46.4. The average molecular weight is 903 g/mol. The predicted octanol–water partition coefficient (Wildman–Crippen LogP) is 11.5. The molecule has 11 rings (SSSR count). The van der Waals surface area contributed by atoms with Gasteiger partial charge in [0.05, 0.1) is 28.1 Å². The van der Waals surface area contributed by atoms with Crippen LogP contribution in [0.3, 0.4) is 0 Å². The highest BCUT2D eigenvalue weighted by Gasteiger charge is 2.39. The molecule has 3 N–H and O–H groups in total. The molecule has 8 aromatic rings. The second-order valence-electron chi connectivity index (χ2n) is 19.3. The summed E-state index contributed by atoms with van der Waals surface area (Å²) in [5, 5.41) is 5.62. The Morgan fingerprint density at radius 1 is 0.559 bits per heavy atom. The van der Waals surface area contributed by atoms with Crippen molar-refractivity contribution in [2.45, 2.75) is 88.8 Å². The maximum absolute atomic E-state index is 14.5. The molecule has 3 aliphatic rings. The molecular formula is C58H62N8O2. The van der Waals surface area contributed by atoms with Crippen molar-refractivity contribution in [1.82, 2.24) is 40.0 Å². The quantitative estimate of drug-likeness (QED) is 0.0937. The Morgan fingerprint density at radius 2 is 1.10 bits per heavy atom. The van der Waals surface area contributed by atoms with Gasteiger partial charge >= 0.3 is 0 Å². The number of hydrogen-bond acceptors (Lipinski definition) is 6. The van der Waals surface area contributed by atoms with Crippen LogP contribution in [-0.2, 0) is 16.0 Å². The topological polar surface area (TPSA) is 113 Å². The molecule has 0 unspecified atom stereocenters. The number of likely N-dealkylation sites (tertiary alicyclic amines) is 3. The molecular weight excluding hydrogens is 841 g/mol. The number of H-pyrrole nitrogens is 2. The Morgan fingerprint density at radius 3 is 1.74 bits per heavy atom. The van der Waals surface area contributed by atoms with Crippen LogP contribution in [0.5, 0.6) is 0 Å². The minimum absolute atomic E-state index is 0.0689. The molecule has 6 aromatic carbocycles. The summed E-state index contributed by atoms with van der Waals surface area (Å²) in [7, 11) is 0. The lowest BCUT2D eigenvalue weighted by Crippen LogP contribution is -2.44. The summed E-state index contributed by atoms with van der Waals surface area (Å²) in [4.78, 5) is 52.1. The molecule has 3 saturated heterocycles. The number of fused-ring (bicyclic) bond motifs is 3. The highest BCUT2D eigenvalue weighted by molar-refractivity contribution is 5.93. The number of benzene rings is 6. The zero-order chi connectivity index (χ0) is 45.8. The van der Waals surface area contributed by atoms with Crippen molar-refractivity contribution in [3.05, 3.63) is 156 Å². The van der Waals surface area contributed by atoms with Gasteiger partial charge in [0, 0.05) is 19.5 Å². The molecule has 346 valence electrons. The van der Waals surface area contributed by atoms with Gasteiger partial charge in [-0.15, -0.1) is 0 Å². The number of imidazole rings is 2. The van der Waals surface area contributed by atoms with Crippen molar-refractivity contribution in [2.75, 3.05) is 39.3 Å². The highest BCUT2D eigenvalue weighted by Crippen LogP contribution is 2.38. The number of aromatic nitrogens is 4. The van der Waals surface area contributed by atoms with E-state index in [0.29, 0.717) is 6.54 Å². The van der Waals surface area contributed by atoms with Crippen LogP contribution < -0.4 is 5.32 Å². The van der Waals surface area contributed by atoms with E-state index in [1.54, 1.807) is 0 Å². The summed E-state index contributed by atoms with van der Waals surface area (Å²) < 4.78 is 0. The zero-order valence-corrected chi connectivity index (χ0v) is 39.0.